The van der Waals surface area contributed by atoms with E-state index in [9.17, 15) is 0 Å². The quantitative estimate of drug-likeness (QED) is 0.684. The van der Waals surface area contributed by atoms with Crippen molar-refractivity contribution in [3.05, 3.63) is 18.4 Å². The molecule has 56 valence electrons. The minimum absolute atomic E-state index is 0.396. The summed E-state index contributed by atoms with van der Waals surface area (Å²) in [5.74, 6) is 1.32. The van der Waals surface area contributed by atoms with Gasteiger partial charge in [-0.1, -0.05) is 6.92 Å². The van der Waals surface area contributed by atoms with Crippen molar-refractivity contribution in [2.45, 2.75) is 19.3 Å². The van der Waals surface area contributed by atoms with Crippen molar-refractivity contribution in [1.82, 2.24) is 4.98 Å². The Bertz CT molecular complexity index is 172. The minimum atomic E-state index is 0.396. The monoisotopic (exact) mass is 140 g/mol. The highest BCUT2D eigenvalue weighted by Gasteiger charge is 2.06. The van der Waals surface area contributed by atoms with Gasteiger partial charge in [0.05, 0.1) is 6.20 Å². The molecule has 0 fully saturated rings. The molecule has 1 aromatic heterocycles. The molecule has 0 aliphatic carbocycles. The van der Waals surface area contributed by atoms with E-state index in [-0.39, 0.29) is 0 Å². The molecule has 3 nitrogen and oxygen atoms in total. The molecule has 0 spiro atoms. The summed E-state index contributed by atoms with van der Waals surface area (Å²) in [4.78, 5) is 3.82. The first kappa shape index (κ1) is 7.28. The minimum Gasteiger partial charge on any atom is -0.448 e. The van der Waals surface area contributed by atoms with E-state index in [1.807, 2.05) is 0 Å². The van der Waals surface area contributed by atoms with Crippen molar-refractivity contribution < 1.29 is 4.42 Å². The third-order valence-electron chi connectivity index (χ3n) is 1.54. The van der Waals surface area contributed by atoms with Crippen LogP contribution >= 0.6 is 0 Å². The molecule has 1 heterocycles. The molecule has 0 aliphatic heterocycles. The van der Waals surface area contributed by atoms with Gasteiger partial charge in [-0.3, -0.25) is 0 Å². The summed E-state index contributed by atoms with van der Waals surface area (Å²) in [6, 6.07) is 0. The van der Waals surface area contributed by atoms with Crippen LogP contribution < -0.4 is 5.73 Å². The summed E-state index contributed by atoms with van der Waals surface area (Å²) in [6.07, 6.45) is 4.14. The summed E-state index contributed by atoms with van der Waals surface area (Å²) in [6.45, 7) is 2.77. The van der Waals surface area contributed by atoms with Crippen LogP contribution in [0.3, 0.4) is 0 Å². The van der Waals surface area contributed by atoms with Gasteiger partial charge in [0.15, 0.2) is 6.39 Å². The van der Waals surface area contributed by atoms with Crippen LogP contribution in [0.4, 0.5) is 0 Å². The fraction of sp³-hybridized carbons (Fsp3) is 0.571. The van der Waals surface area contributed by atoms with E-state index in [1.165, 1.54) is 6.39 Å². The average Bonchev–Trinajstić information content (AvgIpc) is 2.38. The molecule has 1 unspecified atom stereocenters. The van der Waals surface area contributed by atoms with Crippen LogP contribution in [0.5, 0.6) is 0 Å². The standard InChI is InChI=1S/C7H12N2O/c1-6(2-3-8)7-4-9-5-10-7/h4-6H,2-3,8H2,1H3. The van der Waals surface area contributed by atoms with E-state index in [0.29, 0.717) is 12.5 Å². The molecule has 2 N–H and O–H groups in total. The van der Waals surface area contributed by atoms with E-state index in [2.05, 4.69) is 11.9 Å². The van der Waals surface area contributed by atoms with Crippen LogP contribution in [-0.2, 0) is 0 Å². The van der Waals surface area contributed by atoms with E-state index in [1.54, 1.807) is 6.20 Å². The molecule has 0 aliphatic rings. The maximum atomic E-state index is 5.37. The summed E-state index contributed by atoms with van der Waals surface area (Å²) in [5, 5.41) is 0. The van der Waals surface area contributed by atoms with Crippen LogP contribution in [0.15, 0.2) is 17.0 Å². The predicted molar refractivity (Wildman–Crippen MR) is 38.6 cm³/mol. The van der Waals surface area contributed by atoms with E-state index < -0.39 is 0 Å². The molecule has 1 aromatic rings. The highest BCUT2D eigenvalue weighted by molar-refractivity contribution is 4.96. The molecule has 0 radical (unpaired) electrons. The van der Waals surface area contributed by atoms with Gasteiger partial charge < -0.3 is 10.2 Å². The molecule has 0 saturated heterocycles. The number of hydrogen-bond acceptors (Lipinski definition) is 3. The first-order valence-electron chi connectivity index (χ1n) is 3.43. The van der Waals surface area contributed by atoms with Gasteiger partial charge in [-0.25, -0.2) is 4.98 Å². The fourth-order valence-corrected chi connectivity index (χ4v) is 0.861. The van der Waals surface area contributed by atoms with Gasteiger partial charge in [0.2, 0.25) is 0 Å². The Morgan fingerprint density at radius 3 is 3.10 bits per heavy atom. The van der Waals surface area contributed by atoms with Crippen LogP contribution in [0.1, 0.15) is 25.0 Å². The van der Waals surface area contributed by atoms with Crippen molar-refractivity contribution in [3.8, 4) is 0 Å². The van der Waals surface area contributed by atoms with Crippen LogP contribution in [-0.4, -0.2) is 11.5 Å². The van der Waals surface area contributed by atoms with Gasteiger partial charge in [0.1, 0.15) is 5.76 Å². The highest BCUT2D eigenvalue weighted by Crippen LogP contribution is 2.16. The van der Waals surface area contributed by atoms with Gasteiger partial charge in [-0.2, -0.15) is 0 Å². The zero-order valence-corrected chi connectivity index (χ0v) is 6.08. The summed E-state index contributed by atoms with van der Waals surface area (Å²) >= 11 is 0. The largest absolute Gasteiger partial charge is 0.448 e. The Hall–Kier alpha value is -0.830. The Balaban J connectivity index is 2.50. The second-order valence-electron chi connectivity index (χ2n) is 2.38. The Morgan fingerprint density at radius 1 is 1.80 bits per heavy atom. The number of aromatic nitrogens is 1. The van der Waals surface area contributed by atoms with Gasteiger partial charge >= 0.3 is 0 Å². The topological polar surface area (TPSA) is 52.0 Å². The lowest BCUT2D eigenvalue weighted by Gasteiger charge is -2.03. The number of nitrogens with zero attached hydrogens (tertiary/aromatic N) is 1. The van der Waals surface area contributed by atoms with Gasteiger partial charge in [0.25, 0.3) is 0 Å². The number of rotatable bonds is 3. The maximum Gasteiger partial charge on any atom is 0.180 e. The summed E-state index contributed by atoms with van der Waals surface area (Å²) in [5.41, 5.74) is 5.37. The molecule has 3 heteroatoms. The van der Waals surface area contributed by atoms with E-state index in [0.717, 1.165) is 12.2 Å². The normalized spacial score (nSPS) is 13.4. The first-order valence-corrected chi connectivity index (χ1v) is 3.43. The van der Waals surface area contributed by atoms with Gasteiger partial charge in [-0.05, 0) is 13.0 Å². The lowest BCUT2D eigenvalue weighted by atomic mass is 10.1. The zero-order valence-electron chi connectivity index (χ0n) is 6.08. The molecule has 1 atom stereocenters. The first-order chi connectivity index (χ1) is 4.84. The second-order valence-corrected chi connectivity index (χ2v) is 2.38. The second kappa shape index (κ2) is 3.37. The van der Waals surface area contributed by atoms with Crippen molar-refractivity contribution in [1.29, 1.82) is 0 Å². The van der Waals surface area contributed by atoms with Crippen molar-refractivity contribution in [3.63, 3.8) is 0 Å². The third kappa shape index (κ3) is 1.57. The van der Waals surface area contributed by atoms with Gasteiger partial charge in [0, 0.05) is 5.92 Å². The smallest absolute Gasteiger partial charge is 0.180 e. The molecule has 0 bridgehead atoms. The van der Waals surface area contributed by atoms with E-state index in [4.69, 9.17) is 10.2 Å². The number of nitrogens with two attached hydrogens (primary N) is 1. The van der Waals surface area contributed by atoms with Crippen LogP contribution in [0.25, 0.3) is 0 Å². The van der Waals surface area contributed by atoms with Gasteiger partial charge in [-0.15, -0.1) is 0 Å². The molecule has 10 heavy (non-hydrogen) atoms. The Labute approximate surface area is 60.2 Å². The van der Waals surface area contributed by atoms with Crippen molar-refractivity contribution in [2.24, 2.45) is 5.73 Å². The molecule has 0 amide bonds. The summed E-state index contributed by atoms with van der Waals surface area (Å²) in [7, 11) is 0. The summed E-state index contributed by atoms with van der Waals surface area (Å²) < 4.78 is 5.08. The highest BCUT2D eigenvalue weighted by atomic mass is 16.3. The maximum absolute atomic E-state index is 5.37. The zero-order chi connectivity index (χ0) is 7.40. The fourth-order valence-electron chi connectivity index (χ4n) is 0.861. The molecule has 0 saturated carbocycles. The SMILES string of the molecule is CC(CCN)c1cnco1. The molecular formula is C7H12N2O. The number of hydrogen-bond donors (Lipinski definition) is 1. The lowest BCUT2D eigenvalue weighted by molar-refractivity contribution is 0.461. The third-order valence-corrected chi connectivity index (χ3v) is 1.54. The average molecular weight is 140 g/mol. The van der Waals surface area contributed by atoms with Crippen molar-refractivity contribution in [2.75, 3.05) is 6.54 Å². The Kier molecular flexibility index (Phi) is 2.45. The van der Waals surface area contributed by atoms with Crippen LogP contribution in [0, 0.1) is 0 Å². The molecular weight excluding hydrogens is 128 g/mol. The van der Waals surface area contributed by atoms with Crippen LogP contribution in [0.2, 0.25) is 0 Å². The number of oxazole rings is 1. The lowest BCUT2D eigenvalue weighted by Crippen LogP contribution is -2.03. The predicted octanol–water partition coefficient (Wildman–Crippen LogP) is 1.13. The van der Waals surface area contributed by atoms with Crippen molar-refractivity contribution >= 4 is 0 Å². The van der Waals surface area contributed by atoms with E-state index >= 15 is 0 Å². The molecule has 0 aromatic carbocycles. The Morgan fingerprint density at radius 2 is 2.60 bits per heavy atom. The molecule has 1 rings (SSSR count).